The van der Waals surface area contributed by atoms with Gasteiger partial charge in [0.1, 0.15) is 5.41 Å². The molecule has 0 bridgehead atoms. The third kappa shape index (κ3) is 3.11. The maximum absolute atomic E-state index is 13.0. The molecule has 1 aromatic heterocycles. The highest BCUT2D eigenvalue weighted by Gasteiger charge is 2.44. The molecule has 0 unspecified atom stereocenters. The van der Waals surface area contributed by atoms with E-state index in [0.29, 0.717) is 50.0 Å². The topological polar surface area (TPSA) is 83.3 Å². The number of pyridine rings is 1. The van der Waals surface area contributed by atoms with Crippen LogP contribution in [0.15, 0.2) is 6.07 Å². The van der Waals surface area contributed by atoms with Crippen molar-refractivity contribution in [3.05, 3.63) is 28.6 Å². The van der Waals surface area contributed by atoms with Gasteiger partial charge in [-0.25, -0.2) is 4.79 Å². The van der Waals surface area contributed by atoms with Gasteiger partial charge in [-0.05, 0) is 37.8 Å². The summed E-state index contributed by atoms with van der Waals surface area (Å²) in [5, 5.41) is 9.56. The van der Waals surface area contributed by atoms with Crippen LogP contribution < -0.4 is 0 Å². The van der Waals surface area contributed by atoms with Crippen molar-refractivity contribution in [2.24, 2.45) is 5.41 Å². The van der Waals surface area contributed by atoms with Gasteiger partial charge < -0.3 is 9.64 Å². The summed E-state index contributed by atoms with van der Waals surface area (Å²) >= 11 is 0. The summed E-state index contributed by atoms with van der Waals surface area (Å²) in [6.07, 6.45) is 4.49. The van der Waals surface area contributed by atoms with Gasteiger partial charge in [0.25, 0.3) is 0 Å². The van der Waals surface area contributed by atoms with Crippen molar-refractivity contribution in [2.45, 2.75) is 45.4 Å². The lowest BCUT2D eigenvalue weighted by atomic mass is 9.86. The minimum atomic E-state index is -0.836. The zero-order chi connectivity index (χ0) is 18.0. The molecule has 132 valence electrons. The first-order valence-electron chi connectivity index (χ1n) is 8.79. The fourth-order valence-electron chi connectivity index (χ4n) is 3.91. The molecule has 2 aliphatic rings. The zero-order valence-electron chi connectivity index (χ0n) is 14.8. The Morgan fingerprint density at radius 1 is 1.28 bits per heavy atom. The third-order valence-electron chi connectivity index (χ3n) is 5.42. The molecule has 25 heavy (non-hydrogen) atoms. The molecule has 1 fully saturated rings. The van der Waals surface area contributed by atoms with E-state index in [0.717, 1.165) is 24.1 Å². The van der Waals surface area contributed by atoms with E-state index in [-0.39, 0.29) is 11.9 Å². The fraction of sp³-hybridized carbons (Fsp3) is 0.579. The van der Waals surface area contributed by atoms with Crippen molar-refractivity contribution in [2.75, 3.05) is 20.2 Å². The predicted octanol–water partition coefficient (Wildman–Crippen LogP) is 2.19. The van der Waals surface area contributed by atoms with E-state index in [1.807, 2.05) is 11.0 Å². The molecule has 0 spiro atoms. The predicted molar refractivity (Wildman–Crippen MR) is 90.8 cm³/mol. The second-order valence-electron chi connectivity index (χ2n) is 6.91. The average molecular weight is 341 g/mol. The van der Waals surface area contributed by atoms with Crippen LogP contribution in [0.25, 0.3) is 0 Å². The molecule has 1 saturated carbocycles. The molecule has 0 atom stereocenters. The van der Waals surface area contributed by atoms with Gasteiger partial charge in [0.05, 0.1) is 24.4 Å². The first-order chi connectivity index (χ1) is 12.0. The summed E-state index contributed by atoms with van der Waals surface area (Å²) in [7, 11) is 1.36. The second-order valence-corrected chi connectivity index (χ2v) is 6.91. The number of aromatic nitrogens is 1. The number of nitrogens with zero attached hydrogens (tertiary/aromatic N) is 3. The van der Waals surface area contributed by atoms with Crippen LogP contribution in [-0.2, 0) is 22.4 Å². The van der Waals surface area contributed by atoms with Gasteiger partial charge in [0.2, 0.25) is 5.91 Å². The van der Waals surface area contributed by atoms with Gasteiger partial charge in [-0.2, -0.15) is 5.26 Å². The number of carbonyl (C=O) groups is 2. The van der Waals surface area contributed by atoms with Crippen LogP contribution in [0.5, 0.6) is 0 Å². The first-order valence-corrected chi connectivity index (χ1v) is 8.79. The minimum absolute atomic E-state index is 0.0368. The van der Waals surface area contributed by atoms with Gasteiger partial charge in [-0.15, -0.1) is 0 Å². The number of rotatable bonds is 2. The molecule has 6 nitrogen and oxygen atoms in total. The Bertz CT molecular complexity index is 745. The highest BCUT2D eigenvalue weighted by Crippen LogP contribution is 2.39. The zero-order valence-corrected chi connectivity index (χ0v) is 14.8. The largest absolute Gasteiger partial charge is 0.465 e. The monoisotopic (exact) mass is 341 g/mol. The molecule has 0 aromatic carbocycles. The fourth-order valence-corrected chi connectivity index (χ4v) is 3.91. The average Bonchev–Trinajstić information content (AvgIpc) is 3.03. The van der Waals surface area contributed by atoms with Gasteiger partial charge in [0.15, 0.2) is 0 Å². The number of carbonyl (C=O) groups excluding carboxylic acids is 2. The summed E-state index contributed by atoms with van der Waals surface area (Å²) in [6, 6.07) is 4.13. The molecule has 1 amide bonds. The van der Waals surface area contributed by atoms with Crippen molar-refractivity contribution in [1.29, 1.82) is 5.26 Å². The van der Waals surface area contributed by atoms with E-state index in [9.17, 15) is 14.9 Å². The number of aryl methyl sites for hydroxylation is 1. The Morgan fingerprint density at radius 3 is 2.60 bits per heavy atom. The molecular weight excluding hydrogens is 318 g/mol. The Morgan fingerprint density at radius 2 is 1.96 bits per heavy atom. The first kappa shape index (κ1) is 17.4. The second kappa shape index (κ2) is 6.83. The number of hydrogen-bond donors (Lipinski definition) is 0. The number of hydrogen-bond acceptors (Lipinski definition) is 5. The molecule has 1 aliphatic carbocycles. The normalized spacial score (nSPS) is 18.8. The molecule has 1 aliphatic heterocycles. The SMILES string of the molecule is COC(=O)c1cc2c(nc1C)CCN(C(=O)C1(C#N)CCCC1)CC2. The maximum Gasteiger partial charge on any atom is 0.339 e. The van der Waals surface area contributed by atoms with Gasteiger partial charge in [0, 0.05) is 25.2 Å². The van der Waals surface area contributed by atoms with E-state index < -0.39 is 5.41 Å². The quantitative estimate of drug-likeness (QED) is 0.770. The van der Waals surface area contributed by atoms with Crippen molar-refractivity contribution in [1.82, 2.24) is 9.88 Å². The standard InChI is InChI=1S/C19H23N3O3/c1-13-15(17(23)25-2)11-14-5-9-22(10-6-16(14)21-13)18(24)19(12-20)7-3-4-8-19/h11H,3-10H2,1-2H3. The van der Waals surface area contributed by atoms with E-state index in [4.69, 9.17) is 4.74 Å². The number of fused-ring (bicyclic) bond motifs is 1. The maximum atomic E-state index is 13.0. The Hall–Kier alpha value is -2.42. The summed E-state index contributed by atoms with van der Waals surface area (Å²) in [4.78, 5) is 31.2. The number of amides is 1. The number of ether oxygens (including phenoxy) is 1. The van der Waals surface area contributed by atoms with Gasteiger partial charge in [-0.1, -0.05) is 12.8 Å². The van der Waals surface area contributed by atoms with Crippen LogP contribution in [0.2, 0.25) is 0 Å². The highest BCUT2D eigenvalue weighted by atomic mass is 16.5. The van der Waals surface area contributed by atoms with Crippen LogP contribution in [-0.4, -0.2) is 42.0 Å². The van der Waals surface area contributed by atoms with Crippen LogP contribution in [0, 0.1) is 23.7 Å². The molecule has 3 rings (SSSR count). The summed E-state index contributed by atoms with van der Waals surface area (Å²) in [5.41, 5.74) is 2.20. The van der Waals surface area contributed by atoms with Gasteiger partial charge in [-0.3, -0.25) is 9.78 Å². The summed E-state index contributed by atoms with van der Waals surface area (Å²) in [5.74, 6) is -0.426. The Balaban J connectivity index is 1.82. The summed E-state index contributed by atoms with van der Waals surface area (Å²) in [6.45, 7) is 2.92. The highest BCUT2D eigenvalue weighted by molar-refractivity contribution is 5.90. The third-order valence-corrected chi connectivity index (χ3v) is 5.42. The lowest BCUT2D eigenvalue weighted by Gasteiger charge is -2.28. The van der Waals surface area contributed by atoms with Crippen molar-refractivity contribution >= 4 is 11.9 Å². The molecule has 0 saturated heterocycles. The van der Waals surface area contributed by atoms with Crippen molar-refractivity contribution < 1.29 is 14.3 Å². The number of methoxy groups -OCH3 is 1. The van der Waals surface area contributed by atoms with E-state index in [2.05, 4.69) is 11.1 Å². The minimum Gasteiger partial charge on any atom is -0.465 e. The van der Waals surface area contributed by atoms with Crippen LogP contribution >= 0.6 is 0 Å². The lowest BCUT2D eigenvalue weighted by molar-refractivity contribution is -0.138. The van der Waals surface area contributed by atoms with Crippen molar-refractivity contribution in [3.63, 3.8) is 0 Å². The Labute approximate surface area is 147 Å². The van der Waals surface area contributed by atoms with Crippen LogP contribution in [0.4, 0.5) is 0 Å². The smallest absolute Gasteiger partial charge is 0.339 e. The summed E-state index contributed by atoms with van der Waals surface area (Å²) < 4.78 is 4.81. The number of nitriles is 1. The molecule has 0 radical (unpaired) electrons. The molecular formula is C19H23N3O3. The van der Waals surface area contributed by atoms with Crippen molar-refractivity contribution in [3.8, 4) is 6.07 Å². The van der Waals surface area contributed by atoms with E-state index in [1.54, 1.807) is 6.92 Å². The van der Waals surface area contributed by atoms with E-state index in [1.165, 1.54) is 7.11 Å². The molecule has 1 aromatic rings. The molecule has 2 heterocycles. The van der Waals surface area contributed by atoms with Crippen LogP contribution in [0.3, 0.4) is 0 Å². The number of esters is 1. The van der Waals surface area contributed by atoms with Gasteiger partial charge >= 0.3 is 5.97 Å². The lowest BCUT2D eigenvalue weighted by Crippen LogP contribution is -2.43. The molecule has 0 N–H and O–H groups in total. The van der Waals surface area contributed by atoms with Crippen LogP contribution in [0.1, 0.15) is 53.0 Å². The molecule has 6 heteroatoms. The van der Waals surface area contributed by atoms with E-state index >= 15 is 0 Å². The Kier molecular flexibility index (Phi) is 4.76.